The molecule has 0 radical (unpaired) electrons. The van der Waals surface area contributed by atoms with Crippen LogP contribution in [0.15, 0.2) is 30.6 Å². The molecule has 1 amide bonds. The summed E-state index contributed by atoms with van der Waals surface area (Å²) < 4.78 is 30.1. The zero-order chi connectivity index (χ0) is 27.7. The highest BCUT2D eigenvalue weighted by molar-refractivity contribution is 5.91. The smallest absolute Gasteiger partial charge is 0.410 e. The van der Waals surface area contributed by atoms with Gasteiger partial charge in [0.2, 0.25) is 0 Å². The van der Waals surface area contributed by atoms with Gasteiger partial charge in [0, 0.05) is 88.6 Å². The van der Waals surface area contributed by atoms with Crippen LogP contribution in [0.2, 0.25) is 0 Å². The van der Waals surface area contributed by atoms with Crippen LogP contribution in [-0.4, -0.2) is 104 Å². The molecule has 5 heterocycles. The number of fused-ring (bicyclic) bond motifs is 1. The highest BCUT2D eigenvalue weighted by Crippen LogP contribution is 2.39. The van der Waals surface area contributed by atoms with E-state index in [0.717, 1.165) is 79.2 Å². The summed E-state index contributed by atoms with van der Waals surface area (Å²) in [7, 11) is 1.76. The summed E-state index contributed by atoms with van der Waals surface area (Å²) >= 11 is 0. The van der Waals surface area contributed by atoms with Crippen molar-refractivity contribution in [1.29, 1.82) is 0 Å². The molecule has 6 rings (SSSR count). The zero-order valence-electron chi connectivity index (χ0n) is 23.4. The van der Waals surface area contributed by atoms with E-state index < -0.39 is 6.17 Å². The van der Waals surface area contributed by atoms with Gasteiger partial charge in [-0.2, -0.15) is 0 Å². The zero-order valence-corrected chi connectivity index (χ0v) is 23.4. The van der Waals surface area contributed by atoms with Gasteiger partial charge in [0.05, 0.1) is 30.2 Å². The maximum absolute atomic E-state index is 13.5. The fraction of sp³-hybridized carbons (Fsp3) is 0.567. The Morgan fingerprint density at radius 2 is 1.90 bits per heavy atom. The van der Waals surface area contributed by atoms with Gasteiger partial charge in [-0.25, -0.2) is 9.18 Å². The molecule has 2 aromatic rings. The second-order valence-corrected chi connectivity index (χ2v) is 11.3. The molecule has 0 saturated carbocycles. The number of halogens is 1. The molecule has 3 aliphatic heterocycles. The molecule has 3 saturated heterocycles. The van der Waals surface area contributed by atoms with Crippen LogP contribution in [-0.2, 0) is 26.2 Å². The first kappa shape index (κ1) is 27.1. The lowest BCUT2D eigenvalue weighted by molar-refractivity contribution is -0.104. The first-order chi connectivity index (χ1) is 19.4. The minimum Gasteiger partial charge on any atom is -0.441 e. The number of allylic oxidation sites excluding steroid dienone is 1. The van der Waals surface area contributed by atoms with Crippen LogP contribution in [0.3, 0.4) is 0 Å². The summed E-state index contributed by atoms with van der Waals surface area (Å²) in [6, 6.07) is 6.28. The maximum atomic E-state index is 13.5. The summed E-state index contributed by atoms with van der Waals surface area (Å²) in [4.78, 5) is 28.2. The summed E-state index contributed by atoms with van der Waals surface area (Å²) in [5.41, 5.74) is 6.10. The largest absolute Gasteiger partial charge is 0.441 e. The summed E-state index contributed by atoms with van der Waals surface area (Å²) in [5, 5.41) is 0. The average molecular weight is 552 g/mol. The monoisotopic (exact) mass is 551 g/mol. The van der Waals surface area contributed by atoms with Crippen LogP contribution in [0, 0.1) is 0 Å². The van der Waals surface area contributed by atoms with Gasteiger partial charge in [0.1, 0.15) is 6.17 Å². The highest BCUT2D eigenvalue weighted by atomic mass is 19.1. The molecule has 9 nitrogen and oxygen atoms in total. The molecule has 0 bridgehead atoms. The Kier molecular flexibility index (Phi) is 7.74. The van der Waals surface area contributed by atoms with Crippen LogP contribution in [0.25, 0.3) is 11.6 Å². The van der Waals surface area contributed by atoms with Gasteiger partial charge in [-0.15, -0.1) is 0 Å². The number of hydrogen-bond donors (Lipinski definition) is 0. The second-order valence-electron chi connectivity index (χ2n) is 11.3. The number of hydrogen-bond acceptors (Lipinski definition) is 8. The number of likely N-dealkylation sites (tertiary alicyclic amines) is 1. The van der Waals surface area contributed by atoms with Gasteiger partial charge in [-0.05, 0) is 43.5 Å². The molecule has 0 aromatic carbocycles. The van der Waals surface area contributed by atoms with Crippen molar-refractivity contribution in [3.63, 3.8) is 0 Å². The SMILES string of the molecule is COC1(c2ccc(C3=Cc4c(N5CCN(C(=O)OC6COC6)CC5)ccnc4C3)nc2)CCN(C[C@@H](C)F)CC1. The average Bonchev–Trinajstić information content (AvgIpc) is 3.40. The van der Waals surface area contributed by atoms with Crippen molar-refractivity contribution in [2.75, 3.05) is 71.0 Å². The van der Waals surface area contributed by atoms with Gasteiger partial charge < -0.3 is 28.9 Å². The Hall–Kier alpha value is -3.08. The van der Waals surface area contributed by atoms with E-state index in [-0.39, 0.29) is 17.8 Å². The van der Waals surface area contributed by atoms with E-state index in [9.17, 15) is 9.18 Å². The first-order valence-corrected chi connectivity index (χ1v) is 14.3. The Bertz CT molecular complexity index is 1230. The van der Waals surface area contributed by atoms with E-state index in [1.807, 2.05) is 12.4 Å². The number of ether oxygens (including phenoxy) is 3. The number of rotatable bonds is 7. The third-order valence-corrected chi connectivity index (χ3v) is 8.66. The third kappa shape index (κ3) is 5.44. The molecule has 4 aliphatic rings. The molecule has 1 atom stereocenters. The minimum absolute atomic E-state index is 0.107. The van der Waals surface area contributed by atoms with E-state index in [2.05, 4.69) is 39.1 Å². The Morgan fingerprint density at radius 1 is 1.12 bits per heavy atom. The number of anilines is 1. The van der Waals surface area contributed by atoms with Gasteiger partial charge in [-0.1, -0.05) is 6.07 Å². The Balaban J connectivity index is 1.12. The number of methoxy groups -OCH3 is 1. The molecular formula is C30H38FN5O4. The lowest BCUT2D eigenvalue weighted by Crippen LogP contribution is -2.51. The molecule has 3 fully saturated rings. The molecule has 0 N–H and O–H groups in total. The molecule has 214 valence electrons. The summed E-state index contributed by atoms with van der Waals surface area (Å²) in [5.74, 6) is 0. The fourth-order valence-corrected chi connectivity index (χ4v) is 6.19. The van der Waals surface area contributed by atoms with E-state index in [0.29, 0.717) is 32.8 Å². The quantitative estimate of drug-likeness (QED) is 0.517. The summed E-state index contributed by atoms with van der Waals surface area (Å²) in [6.45, 7) is 7.41. The number of nitrogens with zero attached hydrogens (tertiary/aromatic N) is 5. The van der Waals surface area contributed by atoms with E-state index in [1.165, 1.54) is 0 Å². The lowest BCUT2D eigenvalue weighted by Gasteiger charge is -2.41. The Morgan fingerprint density at radius 3 is 2.52 bits per heavy atom. The number of amides is 1. The van der Waals surface area contributed by atoms with Crippen LogP contribution >= 0.6 is 0 Å². The standard InChI is InChI=1S/C30H38FN5O4/c1-21(31)18-34-9-6-30(38-2,7-10-34)23-3-4-26(33-17-23)22-15-25-27(16-22)32-8-5-28(25)35-11-13-36(14-12-35)29(37)40-24-19-39-20-24/h3-5,8,15,17,21,24H,6-7,9-14,16,18-20H2,1-2H3/t21-/m1/s1. The summed E-state index contributed by atoms with van der Waals surface area (Å²) in [6.07, 6.45) is 7.21. The van der Waals surface area contributed by atoms with Crippen LogP contribution in [0.1, 0.15) is 42.3 Å². The maximum Gasteiger partial charge on any atom is 0.410 e. The highest BCUT2D eigenvalue weighted by Gasteiger charge is 2.37. The number of aromatic nitrogens is 2. The molecule has 1 aliphatic carbocycles. The topological polar surface area (TPSA) is 80.3 Å². The number of piperazine rings is 1. The number of carbonyl (C=O) groups is 1. The predicted octanol–water partition coefficient (Wildman–Crippen LogP) is 3.53. The molecule has 2 aromatic heterocycles. The van der Waals surface area contributed by atoms with Gasteiger partial charge >= 0.3 is 6.09 Å². The molecule has 10 heteroatoms. The van der Waals surface area contributed by atoms with Gasteiger partial charge in [0.15, 0.2) is 6.10 Å². The Labute approximate surface area is 234 Å². The fourth-order valence-electron chi connectivity index (χ4n) is 6.19. The van der Waals surface area contributed by atoms with E-state index in [1.54, 1.807) is 18.9 Å². The molecular weight excluding hydrogens is 513 g/mol. The van der Waals surface area contributed by atoms with Crippen molar-refractivity contribution in [2.45, 2.75) is 44.1 Å². The van der Waals surface area contributed by atoms with Crippen LogP contribution < -0.4 is 4.90 Å². The first-order valence-electron chi connectivity index (χ1n) is 14.3. The minimum atomic E-state index is -0.823. The number of alkyl halides is 1. The van der Waals surface area contributed by atoms with Crippen molar-refractivity contribution in [3.05, 3.63) is 53.1 Å². The van der Waals surface area contributed by atoms with Gasteiger partial charge in [0.25, 0.3) is 0 Å². The number of carbonyl (C=O) groups excluding carboxylic acids is 1. The van der Waals surface area contributed by atoms with Crippen molar-refractivity contribution in [2.24, 2.45) is 0 Å². The number of piperidine rings is 1. The van der Waals surface area contributed by atoms with E-state index >= 15 is 0 Å². The predicted molar refractivity (Wildman–Crippen MR) is 150 cm³/mol. The normalized spacial score (nSPS) is 21.9. The molecule has 0 spiro atoms. The van der Waals surface area contributed by atoms with Crippen LogP contribution in [0.4, 0.5) is 14.9 Å². The van der Waals surface area contributed by atoms with Crippen molar-refractivity contribution in [3.8, 4) is 0 Å². The second kappa shape index (κ2) is 11.4. The van der Waals surface area contributed by atoms with E-state index in [4.69, 9.17) is 19.2 Å². The van der Waals surface area contributed by atoms with Crippen molar-refractivity contribution >= 4 is 23.4 Å². The van der Waals surface area contributed by atoms with Crippen molar-refractivity contribution < 1.29 is 23.4 Å². The third-order valence-electron chi connectivity index (χ3n) is 8.66. The van der Waals surface area contributed by atoms with Crippen LogP contribution in [0.5, 0.6) is 0 Å². The lowest BCUT2D eigenvalue weighted by atomic mass is 9.84. The molecule has 0 unspecified atom stereocenters. The number of pyridine rings is 2. The molecule has 40 heavy (non-hydrogen) atoms. The van der Waals surface area contributed by atoms with Crippen molar-refractivity contribution in [1.82, 2.24) is 19.8 Å². The van der Waals surface area contributed by atoms with Gasteiger partial charge in [-0.3, -0.25) is 9.97 Å².